The zero-order valence-corrected chi connectivity index (χ0v) is 15.0. The van der Waals surface area contributed by atoms with Crippen LogP contribution >= 0.6 is 0 Å². The van der Waals surface area contributed by atoms with Gasteiger partial charge >= 0.3 is 23.9 Å². The van der Waals surface area contributed by atoms with Crippen LogP contribution < -0.4 is 10.6 Å². The monoisotopic (exact) mass is 362 g/mol. The van der Waals surface area contributed by atoms with Crippen LogP contribution in [0.25, 0.3) is 0 Å². The van der Waals surface area contributed by atoms with Gasteiger partial charge < -0.3 is 29.6 Å². The molecule has 0 spiro atoms. The van der Waals surface area contributed by atoms with E-state index in [-0.39, 0.29) is 12.8 Å². The predicted molar refractivity (Wildman–Crippen MR) is 85.5 cm³/mol. The van der Waals surface area contributed by atoms with Crippen LogP contribution in [-0.4, -0.2) is 77.5 Å². The Morgan fingerprint density at radius 1 is 0.680 bits per heavy atom. The van der Waals surface area contributed by atoms with E-state index in [0.29, 0.717) is 19.5 Å². The highest BCUT2D eigenvalue weighted by Gasteiger charge is 2.24. The van der Waals surface area contributed by atoms with Crippen molar-refractivity contribution in [1.82, 2.24) is 10.6 Å². The maximum atomic E-state index is 11.6. The van der Waals surface area contributed by atoms with Gasteiger partial charge in [0.1, 0.15) is 12.1 Å². The Morgan fingerprint density at radius 2 is 1.04 bits per heavy atom. The molecule has 0 amide bonds. The fourth-order valence-corrected chi connectivity index (χ4v) is 1.90. The number of ether oxygens (including phenoxy) is 4. The van der Waals surface area contributed by atoms with E-state index in [2.05, 4.69) is 29.6 Å². The van der Waals surface area contributed by atoms with Crippen LogP contribution in [-0.2, 0) is 38.1 Å². The Hall–Kier alpha value is -2.20. The molecule has 0 aliphatic carbocycles. The minimum absolute atomic E-state index is 0.149. The van der Waals surface area contributed by atoms with Gasteiger partial charge in [-0.2, -0.15) is 0 Å². The number of carbonyl (C=O) groups is 4. The Kier molecular flexibility index (Phi) is 12.0. The number of methoxy groups -OCH3 is 4. The molecule has 10 nitrogen and oxygen atoms in total. The second-order valence-corrected chi connectivity index (χ2v) is 4.97. The first-order valence-corrected chi connectivity index (χ1v) is 7.65. The highest BCUT2D eigenvalue weighted by atomic mass is 16.5. The maximum Gasteiger partial charge on any atom is 0.323 e. The fourth-order valence-electron chi connectivity index (χ4n) is 1.90. The molecule has 0 bridgehead atoms. The molecule has 0 saturated heterocycles. The van der Waals surface area contributed by atoms with Crippen molar-refractivity contribution in [1.29, 1.82) is 0 Å². The summed E-state index contributed by atoms with van der Waals surface area (Å²) >= 11 is 0. The van der Waals surface area contributed by atoms with Crippen molar-refractivity contribution in [2.45, 2.75) is 31.3 Å². The van der Waals surface area contributed by atoms with Gasteiger partial charge in [-0.05, 0) is 19.5 Å². The number of hydrogen-bond donors (Lipinski definition) is 2. The number of carbonyl (C=O) groups excluding carboxylic acids is 4. The summed E-state index contributed by atoms with van der Waals surface area (Å²) in [5.74, 6) is -2.22. The summed E-state index contributed by atoms with van der Waals surface area (Å²) in [5, 5.41) is 5.76. The van der Waals surface area contributed by atoms with Crippen LogP contribution in [0.3, 0.4) is 0 Å². The molecule has 0 aromatic carbocycles. The minimum Gasteiger partial charge on any atom is -0.469 e. The van der Waals surface area contributed by atoms with Gasteiger partial charge in [0.15, 0.2) is 0 Å². The molecule has 0 radical (unpaired) electrons. The Morgan fingerprint density at radius 3 is 1.32 bits per heavy atom. The fraction of sp³-hybridized carbons (Fsp3) is 0.733. The van der Waals surface area contributed by atoms with E-state index >= 15 is 0 Å². The molecule has 144 valence electrons. The average Bonchev–Trinajstić information content (AvgIpc) is 2.63. The molecule has 0 aliphatic heterocycles. The second-order valence-electron chi connectivity index (χ2n) is 4.97. The van der Waals surface area contributed by atoms with Crippen molar-refractivity contribution in [2.75, 3.05) is 41.5 Å². The molecule has 0 unspecified atom stereocenters. The lowest BCUT2D eigenvalue weighted by atomic mass is 10.2. The topological polar surface area (TPSA) is 129 Å². The normalized spacial score (nSPS) is 12.6. The van der Waals surface area contributed by atoms with Crippen LogP contribution in [0.15, 0.2) is 0 Å². The summed E-state index contributed by atoms with van der Waals surface area (Å²) < 4.78 is 18.3. The van der Waals surface area contributed by atoms with E-state index in [1.54, 1.807) is 0 Å². The molecule has 0 aromatic heterocycles. The first-order valence-electron chi connectivity index (χ1n) is 7.65. The lowest BCUT2D eigenvalue weighted by molar-refractivity contribution is -0.149. The number of nitrogens with one attached hydrogen (secondary N) is 2. The molecule has 0 aliphatic rings. The molecule has 25 heavy (non-hydrogen) atoms. The van der Waals surface area contributed by atoms with E-state index in [9.17, 15) is 19.2 Å². The zero-order valence-electron chi connectivity index (χ0n) is 15.0. The maximum absolute atomic E-state index is 11.6. The van der Waals surface area contributed by atoms with E-state index in [0.717, 1.165) is 0 Å². The Bertz CT molecular complexity index is 415. The van der Waals surface area contributed by atoms with Crippen LogP contribution in [0.4, 0.5) is 0 Å². The average molecular weight is 362 g/mol. The lowest BCUT2D eigenvalue weighted by Crippen LogP contribution is -2.43. The number of esters is 4. The summed E-state index contributed by atoms with van der Waals surface area (Å²) in [6.07, 6.45) is 0.219. The van der Waals surface area contributed by atoms with Gasteiger partial charge in [0.05, 0.1) is 41.3 Å². The first-order chi connectivity index (χ1) is 11.9. The quantitative estimate of drug-likeness (QED) is 0.247. The van der Waals surface area contributed by atoms with Gasteiger partial charge in [-0.1, -0.05) is 0 Å². The van der Waals surface area contributed by atoms with Gasteiger partial charge in [0.2, 0.25) is 0 Å². The predicted octanol–water partition coefficient (Wildman–Crippen LogP) is -1.23. The van der Waals surface area contributed by atoms with Gasteiger partial charge in [0, 0.05) is 0 Å². The first kappa shape index (κ1) is 22.8. The summed E-state index contributed by atoms with van der Waals surface area (Å²) in [6, 6.07) is -1.63. The van der Waals surface area contributed by atoms with E-state index < -0.39 is 36.0 Å². The molecule has 10 heteroatoms. The smallest absolute Gasteiger partial charge is 0.323 e. The Labute approximate surface area is 146 Å². The van der Waals surface area contributed by atoms with Gasteiger partial charge in [-0.25, -0.2) is 0 Å². The number of rotatable bonds is 12. The van der Waals surface area contributed by atoms with Crippen LogP contribution in [0, 0.1) is 0 Å². The lowest BCUT2D eigenvalue weighted by Gasteiger charge is -2.17. The van der Waals surface area contributed by atoms with E-state index in [1.807, 2.05) is 0 Å². The third kappa shape index (κ3) is 9.62. The van der Waals surface area contributed by atoms with Crippen molar-refractivity contribution >= 4 is 23.9 Å². The Balaban J connectivity index is 4.32. The van der Waals surface area contributed by atoms with Crippen LogP contribution in [0.5, 0.6) is 0 Å². The molecule has 2 N–H and O–H groups in total. The third-order valence-corrected chi connectivity index (χ3v) is 3.30. The summed E-state index contributed by atoms with van der Waals surface area (Å²) in [5.41, 5.74) is 0. The highest BCUT2D eigenvalue weighted by Crippen LogP contribution is 1.99. The summed E-state index contributed by atoms with van der Waals surface area (Å²) in [6.45, 7) is 0.742. The highest BCUT2D eigenvalue weighted by molar-refractivity contribution is 5.83. The minimum atomic E-state index is -0.816. The van der Waals surface area contributed by atoms with Crippen molar-refractivity contribution in [2.24, 2.45) is 0 Å². The van der Waals surface area contributed by atoms with Crippen molar-refractivity contribution < 1.29 is 38.1 Å². The largest absolute Gasteiger partial charge is 0.469 e. The van der Waals surface area contributed by atoms with Gasteiger partial charge in [0.25, 0.3) is 0 Å². The molecule has 0 rings (SSSR count). The SMILES string of the molecule is COC(=O)C[C@@H](NCCCN[C@H](CC(=O)OC)C(=O)OC)C(=O)OC. The number of hydrogen-bond acceptors (Lipinski definition) is 10. The van der Waals surface area contributed by atoms with E-state index in [1.165, 1.54) is 28.4 Å². The molecular formula is C15H26N2O8. The standard InChI is InChI=1S/C15H26N2O8/c1-22-12(18)8-10(14(20)24-3)16-6-5-7-17-11(15(21)25-4)9-13(19)23-2/h10-11,16-17H,5-9H2,1-4H3/t10-,11-/m1/s1. The molecule has 0 aromatic rings. The summed E-state index contributed by atoms with van der Waals surface area (Å²) in [4.78, 5) is 45.8. The van der Waals surface area contributed by atoms with Gasteiger partial charge in [-0.3, -0.25) is 19.2 Å². The molecule has 0 saturated carbocycles. The second kappa shape index (κ2) is 13.1. The van der Waals surface area contributed by atoms with E-state index in [4.69, 9.17) is 0 Å². The van der Waals surface area contributed by atoms with Crippen molar-refractivity contribution in [3.63, 3.8) is 0 Å². The van der Waals surface area contributed by atoms with Crippen molar-refractivity contribution in [3.8, 4) is 0 Å². The van der Waals surface area contributed by atoms with Crippen molar-refractivity contribution in [3.05, 3.63) is 0 Å². The zero-order chi connectivity index (χ0) is 19.2. The molecular weight excluding hydrogens is 336 g/mol. The van der Waals surface area contributed by atoms with Crippen LogP contribution in [0.1, 0.15) is 19.3 Å². The molecule has 2 atom stereocenters. The summed E-state index contributed by atoms with van der Waals surface area (Å²) in [7, 11) is 4.91. The molecule has 0 heterocycles. The third-order valence-electron chi connectivity index (χ3n) is 3.30. The molecule has 0 fully saturated rings. The van der Waals surface area contributed by atoms with Crippen LogP contribution in [0.2, 0.25) is 0 Å². The van der Waals surface area contributed by atoms with Gasteiger partial charge in [-0.15, -0.1) is 0 Å².